The van der Waals surface area contributed by atoms with E-state index in [1.165, 1.54) is 13.0 Å². The molecule has 0 aliphatic rings. The molecule has 0 aliphatic carbocycles. The first-order valence-corrected chi connectivity index (χ1v) is 11.4. The molecule has 0 aliphatic heterocycles. The molecule has 0 bridgehead atoms. The number of hydrogen-bond acceptors (Lipinski definition) is 6. The van der Waals surface area contributed by atoms with Gasteiger partial charge in [-0.2, -0.15) is 0 Å². The molecule has 0 heterocycles. The Balaban J connectivity index is -0.000000106. The van der Waals surface area contributed by atoms with E-state index < -0.39 is 0 Å². The summed E-state index contributed by atoms with van der Waals surface area (Å²) in [6.07, 6.45) is 1.24. The third-order valence-electron chi connectivity index (χ3n) is 4.23. The maximum absolute atomic E-state index is 3.37. The quantitative estimate of drug-likeness (QED) is 0.445. The molecule has 0 aromatic carbocycles. The summed E-state index contributed by atoms with van der Waals surface area (Å²) in [4.78, 5) is 8.94. The average Bonchev–Trinajstić information content (AvgIpc) is 2.56. The van der Waals surface area contributed by atoms with Gasteiger partial charge < -0.3 is 30.2 Å². The van der Waals surface area contributed by atoms with Crippen LogP contribution >= 0.6 is 0 Å². The predicted octanol–water partition coefficient (Wildman–Crippen LogP) is 2.86. The molecule has 0 radical (unpaired) electrons. The van der Waals surface area contributed by atoms with Gasteiger partial charge in [0.25, 0.3) is 0 Å². The van der Waals surface area contributed by atoms with E-state index in [2.05, 4.69) is 121 Å². The fourth-order valence-corrected chi connectivity index (χ4v) is 1.98. The van der Waals surface area contributed by atoms with E-state index in [0.29, 0.717) is 18.1 Å². The summed E-state index contributed by atoms with van der Waals surface area (Å²) >= 11 is 0. The molecule has 0 rings (SSSR count). The highest BCUT2D eigenvalue weighted by Crippen LogP contribution is 1.92. The molecule has 0 spiro atoms. The summed E-state index contributed by atoms with van der Waals surface area (Å²) in [5.74, 6) is 0. The Bertz CT molecular complexity index is 296. The van der Waals surface area contributed by atoms with E-state index in [0.717, 1.165) is 32.7 Å². The maximum atomic E-state index is 3.37. The Kier molecular flexibility index (Phi) is 25.9. The minimum Gasteiger partial charge on any atom is -0.314 e. The monoisotopic (exact) mass is 423 g/mol. The average molecular weight is 423 g/mol. The molecular formula is C23H62N6. The van der Waals surface area contributed by atoms with Gasteiger partial charge in [0.05, 0.1) is 0 Å². The van der Waals surface area contributed by atoms with Crippen molar-refractivity contribution in [1.82, 2.24) is 30.2 Å². The molecule has 0 saturated carbocycles. The van der Waals surface area contributed by atoms with Crippen LogP contribution in [-0.4, -0.2) is 126 Å². The van der Waals surface area contributed by atoms with Gasteiger partial charge in [0, 0.05) is 47.2 Å². The molecule has 0 atom stereocenters. The minimum atomic E-state index is 0. The van der Waals surface area contributed by atoms with Crippen LogP contribution in [0.25, 0.3) is 0 Å². The zero-order valence-corrected chi connectivity index (χ0v) is 22.5. The summed E-state index contributed by atoms with van der Waals surface area (Å²) in [7, 11) is 14.8. The van der Waals surface area contributed by atoms with Gasteiger partial charge in [-0.3, -0.25) is 0 Å². The molecule has 2 N–H and O–H groups in total. The van der Waals surface area contributed by atoms with Gasteiger partial charge in [-0.05, 0) is 82.7 Å². The molecule has 184 valence electrons. The topological polar surface area (TPSA) is 37.0 Å². The van der Waals surface area contributed by atoms with Gasteiger partial charge in [-0.1, -0.05) is 27.7 Å². The van der Waals surface area contributed by atoms with Crippen molar-refractivity contribution in [2.75, 3.05) is 88.6 Å². The smallest absolute Gasteiger partial charge is 0.0109 e. The molecule has 29 heavy (non-hydrogen) atoms. The van der Waals surface area contributed by atoms with Crippen LogP contribution in [0.4, 0.5) is 0 Å². The second-order valence-corrected chi connectivity index (χ2v) is 9.56. The summed E-state index contributed by atoms with van der Waals surface area (Å²) in [6.45, 7) is 19.9. The van der Waals surface area contributed by atoms with Crippen LogP contribution in [0.15, 0.2) is 0 Å². The highest BCUT2D eigenvalue weighted by molar-refractivity contribution is 4.58. The van der Waals surface area contributed by atoms with Crippen LogP contribution in [0.1, 0.15) is 50.8 Å². The van der Waals surface area contributed by atoms with Crippen LogP contribution in [0.2, 0.25) is 0 Å². The zero-order chi connectivity index (χ0) is 23.4. The Morgan fingerprint density at radius 2 is 0.966 bits per heavy atom. The largest absolute Gasteiger partial charge is 0.314 e. The summed E-state index contributed by atoms with van der Waals surface area (Å²) < 4.78 is 0. The van der Waals surface area contributed by atoms with Crippen molar-refractivity contribution in [1.29, 1.82) is 0 Å². The molecule has 0 unspecified atom stereocenters. The van der Waals surface area contributed by atoms with E-state index in [-0.39, 0.29) is 2.85 Å². The molecule has 0 fully saturated rings. The molecule has 6 heteroatoms. The Morgan fingerprint density at radius 1 is 0.552 bits per heavy atom. The van der Waals surface area contributed by atoms with Crippen LogP contribution in [0.3, 0.4) is 0 Å². The number of hydrogen-bond donors (Lipinski definition) is 2. The number of nitrogens with zero attached hydrogens (tertiary/aromatic N) is 4. The van der Waals surface area contributed by atoms with Gasteiger partial charge in [0.1, 0.15) is 0 Å². The lowest BCUT2D eigenvalue weighted by Crippen LogP contribution is -2.33. The van der Waals surface area contributed by atoms with Crippen molar-refractivity contribution in [3.8, 4) is 0 Å². The van der Waals surface area contributed by atoms with Gasteiger partial charge >= 0.3 is 0 Å². The normalized spacial score (nSPS) is 11.6. The van der Waals surface area contributed by atoms with E-state index in [1.807, 2.05) is 0 Å². The fourth-order valence-electron chi connectivity index (χ4n) is 1.98. The maximum Gasteiger partial charge on any atom is 0.0109 e. The van der Waals surface area contributed by atoms with Gasteiger partial charge in [-0.15, -0.1) is 0 Å². The van der Waals surface area contributed by atoms with Crippen molar-refractivity contribution >= 4 is 0 Å². The number of likely N-dealkylation sites (N-methyl/N-ethyl adjacent to an activating group) is 3. The Morgan fingerprint density at radius 3 is 1.31 bits per heavy atom. The van der Waals surface area contributed by atoms with Crippen LogP contribution < -0.4 is 10.6 Å². The Labute approximate surface area is 188 Å². The first-order chi connectivity index (χ1) is 13.3. The van der Waals surface area contributed by atoms with Gasteiger partial charge in [0.2, 0.25) is 0 Å². The lowest BCUT2D eigenvalue weighted by molar-refractivity contribution is 0.241. The van der Waals surface area contributed by atoms with Crippen LogP contribution in [0, 0.1) is 0 Å². The summed E-state index contributed by atoms with van der Waals surface area (Å²) in [6, 6.07) is 1.91. The lowest BCUT2D eigenvalue weighted by Gasteiger charge is -2.22. The second kappa shape index (κ2) is 22.4. The molecular weight excluding hydrogens is 360 g/mol. The standard InChI is InChI=1S/2C8H20N2.C7H18N2.2H2/c1-8(2)10(5)7-6-9(3)4;1-8(2)9-6-5-7-10(3)4;1-7(2)8-5-6-9(3)4;;/h8H,6-7H2,1-5H3;8-9H,5-7H2,1-4H3;7-8H,5-6H2,1-4H3;2*1H. The Hall–Kier alpha value is -0.240. The molecule has 6 nitrogen and oxygen atoms in total. The first-order valence-electron chi connectivity index (χ1n) is 11.4. The van der Waals surface area contributed by atoms with Crippen LogP contribution in [-0.2, 0) is 0 Å². The summed E-state index contributed by atoms with van der Waals surface area (Å²) in [5, 5.41) is 6.71. The van der Waals surface area contributed by atoms with Crippen molar-refractivity contribution in [3.63, 3.8) is 0 Å². The first kappa shape index (κ1) is 33.4. The van der Waals surface area contributed by atoms with Crippen molar-refractivity contribution < 1.29 is 2.85 Å². The predicted molar refractivity (Wildman–Crippen MR) is 139 cm³/mol. The third-order valence-corrected chi connectivity index (χ3v) is 4.23. The molecule has 0 aromatic heterocycles. The zero-order valence-electron chi connectivity index (χ0n) is 22.5. The molecule has 0 amide bonds. The van der Waals surface area contributed by atoms with Crippen molar-refractivity contribution in [2.45, 2.75) is 66.1 Å². The van der Waals surface area contributed by atoms with Crippen molar-refractivity contribution in [3.05, 3.63) is 0 Å². The third kappa shape index (κ3) is 38.9. The summed E-state index contributed by atoms with van der Waals surface area (Å²) in [5.41, 5.74) is 0. The second-order valence-electron chi connectivity index (χ2n) is 9.56. The molecule has 0 aromatic rings. The number of nitrogens with one attached hydrogen (secondary N) is 2. The number of rotatable bonds is 13. The highest BCUT2D eigenvalue weighted by Gasteiger charge is 2.01. The van der Waals surface area contributed by atoms with E-state index in [1.54, 1.807) is 0 Å². The van der Waals surface area contributed by atoms with Crippen LogP contribution in [0.5, 0.6) is 0 Å². The van der Waals surface area contributed by atoms with E-state index in [4.69, 9.17) is 0 Å². The van der Waals surface area contributed by atoms with Gasteiger partial charge in [0.15, 0.2) is 0 Å². The fraction of sp³-hybridized carbons (Fsp3) is 1.00. The van der Waals surface area contributed by atoms with E-state index in [9.17, 15) is 0 Å². The van der Waals surface area contributed by atoms with Gasteiger partial charge in [-0.25, -0.2) is 0 Å². The SMILES string of the molecule is CC(C)N(C)CCN(C)C.CC(C)NCCCN(C)C.CC(C)NCCN(C)C.[HH].[HH]. The molecule has 0 saturated heterocycles. The van der Waals surface area contributed by atoms with Crippen molar-refractivity contribution in [2.24, 2.45) is 0 Å². The lowest BCUT2D eigenvalue weighted by atomic mass is 10.3. The highest BCUT2D eigenvalue weighted by atomic mass is 15.2. The van der Waals surface area contributed by atoms with E-state index >= 15 is 0 Å². The minimum absolute atomic E-state index is 0.